The summed E-state index contributed by atoms with van der Waals surface area (Å²) in [4.78, 5) is 39.6. The normalized spacial score (nSPS) is 30.7. The summed E-state index contributed by atoms with van der Waals surface area (Å²) >= 11 is 6.49. The van der Waals surface area contributed by atoms with E-state index in [1.165, 1.54) is 0 Å². The number of hydrogen-bond acceptors (Lipinski definition) is 8. The number of fused-ring (bicyclic) bond motifs is 1. The number of carbonyl (C=O) groups excluding carboxylic acids is 3. The first-order chi connectivity index (χ1) is 16.1. The summed E-state index contributed by atoms with van der Waals surface area (Å²) in [5.41, 5.74) is 0.512. The van der Waals surface area contributed by atoms with Crippen LogP contribution in [0.5, 0.6) is 0 Å². The van der Waals surface area contributed by atoms with Crippen molar-refractivity contribution in [3.8, 4) is 11.5 Å². The highest BCUT2D eigenvalue weighted by atomic mass is 35.5. The zero-order valence-corrected chi connectivity index (χ0v) is 18.7. The van der Waals surface area contributed by atoms with Crippen LogP contribution in [0.15, 0.2) is 34.9 Å². The van der Waals surface area contributed by atoms with E-state index in [4.69, 9.17) is 20.8 Å². The molecule has 2 aliphatic heterocycles. The third-order valence-electron chi connectivity index (χ3n) is 6.93. The van der Waals surface area contributed by atoms with Gasteiger partial charge in [-0.1, -0.05) is 12.8 Å². The molecule has 1 N–H and O–H groups in total. The predicted molar refractivity (Wildman–Crippen MR) is 118 cm³/mol. The van der Waals surface area contributed by atoms with Crippen molar-refractivity contribution in [1.82, 2.24) is 20.4 Å². The van der Waals surface area contributed by atoms with E-state index >= 15 is 0 Å². The molecular weight excluding hydrogens is 448 g/mol. The van der Waals surface area contributed by atoms with Gasteiger partial charge in [-0.2, -0.15) is 5.10 Å². The zero-order chi connectivity index (χ0) is 22.9. The van der Waals surface area contributed by atoms with Crippen molar-refractivity contribution in [2.45, 2.75) is 55.3 Å². The van der Waals surface area contributed by atoms with Gasteiger partial charge in [0.25, 0.3) is 5.91 Å². The molecule has 0 radical (unpaired) electrons. The number of nitrogens with zero attached hydrogens (tertiary/aromatic N) is 3. The lowest BCUT2D eigenvalue weighted by atomic mass is 9.78. The minimum absolute atomic E-state index is 0.0336. The lowest BCUT2D eigenvalue weighted by molar-refractivity contribution is -0.122. The molecule has 9 nitrogen and oxygen atoms in total. The lowest BCUT2D eigenvalue weighted by Crippen LogP contribution is -2.55. The van der Waals surface area contributed by atoms with Crippen LogP contribution in [0.3, 0.4) is 0 Å². The van der Waals surface area contributed by atoms with Crippen LogP contribution in [0.4, 0.5) is 0 Å². The quantitative estimate of drug-likeness (QED) is 0.500. The van der Waals surface area contributed by atoms with Crippen molar-refractivity contribution < 1.29 is 23.5 Å². The zero-order valence-electron chi connectivity index (χ0n) is 17.9. The van der Waals surface area contributed by atoms with E-state index in [-0.39, 0.29) is 47.6 Å². The van der Waals surface area contributed by atoms with Crippen molar-refractivity contribution in [1.29, 1.82) is 0 Å². The number of nitrogens with one attached hydrogen (secondary N) is 1. The smallest absolute Gasteiger partial charge is 0.287 e. The van der Waals surface area contributed by atoms with Gasteiger partial charge in [-0.15, -0.1) is 16.7 Å². The van der Waals surface area contributed by atoms with Crippen LogP contribution in [0, 0.1) is 5.92 Å². The Balaban J connectivity index is 1.32. The van der Waals surface area contributed by atoms with E-state index in [2.05, 4.69) is 20.4 Å². The van der Waals surface area contributed by atoms with Gasteiger partial charge < -0.3 is 19.3 Å². The van der Waals surface area contributed by atoms with E-state index in [9.17, 15) is 14.4 Å². The maximum atomic E-state index is 12.9. The fourth-order valence-corrected chi connectivity index (χ4v) is 5.81. The molecule has 33 heavy (non-hydrogen) atoms. The van der Waals surface area contributed by atoms with Crippen LogP contribution < -0.4 is 5.32 Å². The summed E-state index contributed by atoms with van der Waals surface area (Å²) < 4.78 is 11.3. The summed E-state index contributed by atoms with van der Waals surface area (Å²) in [5, 5.41) is 10.4. The van der Waals surface area contributed by atoms with Crippen LogP contribution >= 0.6 is 11.6 Å². The summed E-state index contributed by atoms with van der Waals surface area (Å²) in [6.07, 6.45) is 5.58. The molecule has 2 aromatic rings. The highest BCUT2D eigenvalue weighted by Gasteiger charge is 2.53. The van der Waals surface area contributed by atoms with E-state index in [1.807, 2.05) is 0 Å². The molecule has 1 saturated carbocycles. The largest absolute Gasteiger partial charge is 0.449 e. The standard InChI is InChI=1S/C23H25ClN4O5/c24-14-10-28(21-18(30)12-32-22(14)21)17-6-2-1-4-13(17)16(11-29)26-23(31)20-8-7-19(33-20)15-5-3-9-25-27-15/h3,5,7-9,11,13-14,16-17,21-22H,1-2,4,6,10,12H2,(H,26,31)/t13?,14-,16?,17-,21+,22+/m0/s1. The Morgan fingerprint density at radius 3 is 2.91 bits per heavy atom. The van der Waals surface area contributed by atoms with Crippen molar-refractivity contribution in [3.63, 3.8) is 0 Å². The molecule has 2 saturated heterocycles. The van der Waals surface area contributed by atoms with Gasteiger partial charge in [-0.05, 0) is 37.1 Å². The van der Waals surface area contributed by atoms with Gasteiger partial charge in [0, 0.05) is 24.7 Å². The van der Waals surface area contributed by atoms with Gasteiger partial charge in [-0.25, -0.2) is 0 Å². The number of likely N-dealkylation sites (tertiary alicyclic amines) is 1. The van der Waals surface area contributed by atoms with Crippen LogP contribution in [0.25, 0.3) is 11.5 Å². The fourth-order valence-electron chi connectivity index (χ4n) is 5.44. The number of rotatable bonds is 6. The Bertz CT molecular complexity index is 1030. The number of carbonyl (C=O) groups is 3. The second-order valence-corrected chi connectivity index (χ2v) is 9.38. The molecule has 3 fully saturated rings. The van der Waals surface area contributed by atoms with Gasteiger partial charge in [0.05, 0.1) is 23.6 Å². The predicted octanol–water partition coefficient (Wildman–Crippen LogP) is 1.85. The van der Waals surface area contributed by atoms with Crippen LogP contribution in [0.2, 0.25) is 0 Å². The molecule has 0 bridgehead atoms. The van der Waals surface area contributed by atoms with E-state index in [0.717, 1.165) is 32.0 Å². The first-order valence-electron chi connectivity index (χ1n) is 11.2. The number of amides is 1. The average Bonchev–Trinajstić information content (AvgIpc) is 3.56. The van der Waals surface area contributed by atoms with Crippen molar-refractivity contribution >= 4 is 29.6 Å². The number of hydrogen-bond donors (Lipinski definition) is 1. The molecule has 5 rings (SSSR count). The van der Waals surface area contributed by atoms with Crippen molar-refractivity contribution in [3.05, 3.63) is 36.2 Å². The summed E-state index contributed by atoms with van der Waals surface area (Å²) in [6, 6.07) is 5.54. The Labute approximate surface area is 195 Å². The van der Waals surface area contributed by atoms with Crippen LogP contribution in [0.1, 0.15) is 36.2 Å². The number of aromatic nitrogens is 2. The molecule has 0 aromatic carbocycles. The number of aldehydes is 1. The molecular formula is C23H25ClN4O5. The first-order valence-corrected chi connectivity index (χ1v) is 11.7. The van der Waals surface area contributed by atoms with E-state index in [0.29, 0.717) is 18.0 Å². The summed E-state index contributed by atoms with van der Waals surface area (Å²) in [6.45, 7) is 0.607. The van der Waals surface area contributed by atoms with Crippen molar-refractivity contribution in [2.75, 3.05) is 13.2 Å². The maximum absolute atomic E-state index is 12.9. The second kappa shape index (κ2) is 9.32. The molecule has 4 heterocycles. The SMILES string of the molecule is O=CC(NC(=O)c1ccc(-c2cccnn2)o1)C1CCCC[C@@H]1N1C[C@H](Cl)[C@H]2OCC(=O)[C@H]21. The van der Waals surface area contributed by atoms with E-state index < -0.39 is 11.9 Å². The number of ketones is 1. The average molecular weight is 473 g/mol. The number of ether oxygens (including phenoxy) is 1. The molecule has 2 aromatic heterocycles. The minimum atomic E-state index is -0.710. The third kappa shape index (κ3) is 4.20. The molecule has 1 aliphatic carbocycles. The monoisotopic (exact) mass is 472 g/mol. The third-order valence-corrected chi connectivity index (χ3v) is 7.31. The number of furan rings is 1. The lowest BCUT2D eigenvalue weighted by Gasteiger charge is -2.42. The Morgan fingerprint density at radius 1 is 1.27 bits per heavy atom. The summed E-state index contributed by atoms with van der Waals surface area (Å²) in [5.74, 6) is -0.0583. The molecule has 10 heteroatoms. The number of Topliss-reactive ketones (excluding diaryl/α,β-unsaturated/α-hetero) is 1. The van der Waals surface area contributed by atoms with Gasteiger partial charge in [0.1, 0.15) is 18.6 Å². The van der Waals surface area contributed by atoms with Crippen LogP contribution in [-0.2, 0) is 14.3 Å². The van der Waals surface area contributed by atoms with Crippen molar-refractivity contribution in [2.24, 2.45) is 5.92 Å². The number of alkyl halides is 1. The van der Waals surface area contributed by atoms with Gasteiger partial charge in [-0.3, -0.25) is 14.5 Å². The first kappa shape index (κ1) is 22.2. The molecule has 174 valence electrons. The Kier molecular flexibility index (Phi) is 6.27. The van der Waals surface area contributed by atoms with Gasteiger partial charge in [0.15, 0.2) is 17.3 Å². The Morgan fingerprint density at radius 2 is 2.12 bits per heavy atom. The molecule has 6 atom stereocenters. The second-order valence-electron chi connectivity index (χ2n) is 8.82. The van der Waals surface area contributed by atoms with Crippen LogP contribution in [-0.4, -0.2) is 75.8 Å². The topological polar surface area (TPSA) is 115 Å². The minimum Gasteiger partial charge on any atom is -0.449 e. The van der Waals surface area contributed by atoms with Gasteiger partial charge in [0.2, 0.25) is 0 Å². The fraction of sp³-hybridized carbons (Fsp3) is 0.522. The summed E-state index contributed by atoms with van der Waals surface area (Å²) in [7, 11) is 0. The molecule has 2 unspecified atom stereocenters. The number of halogens is 1. The highest BCUT2D eigenvalue weighted by molar-refractivity contribution is 6.22. The molecule has 3 aliphatic rings. The highest BCUT2D eigenvalue weighted by Crippen LogP contribution is 2.39. The Hall–Kier alpha value is -2.62. The van der Waals surface area contributed by atoms with Gasteiger partial charge >= 0.3 is 0 Å². The molecule has 0 spiro atoms. The van der Waals surface area contributed by atoms with E-state index in [1.54, 1.807) is 30.5 Å². The maximum Gasteiger partial charge on any atom is 0.287 e. The molecule has 1 amide bonds.